The maximum atomic E-state index is 13.9. The first kappa shape index (κ1) is 11.3. The van der Waals surface area contributed by atoms with Crippen LogP contribution in [0.25, 0.3) is 0 Å². The van der Waals surface area contributed by atoms with Crippen molar-refractivity contribution in [3.8, 4) is 0 Å². The highest BCUT2D eigenvalue weighted by Gasteiger charge is 2.15. The Morgan fingerprint density at radius 1 is 1.19 bits per heavy atom. The number of rotatable bonds is 2. The lowest BCUT2D eigenvalue weighted by molar-refractivity contribution is 0.592. The summed E-state index contributed by atoms with van der Waals surface area (Å²) >= 11 is 1.61. The molecule has 0 aliphatic rings. The average Bonchev–Trinajstić information content (AvgIpc) is 2.68. The summed E-state index contributed by atoms with van der Waals surface area (Å²) in [6, 6.07) is 8.96. The minimum absolute atomic E-state index is 0.193. The van der Waals surface area contributed by atoms with Crippen molar-refractivity contribution in [1.82, 2.24) is 0 Å². The zero-order chi connectivity index (χ0) is 11.7. The first-order valence-electron chi connectivity index (χ1n) is 5.16. The molecule has 0 spiro atoms. The molecule has 2 rings (SSSR count). The van der Waals surface area contributed by atoms with Crippen LogP contribution in [0.3, 0.4) is 0 Å². The van der Waals surface area contributed by atoms with Gasteiger partial charge < -0.3 is 5.73 Å². The number of hydrogen-bond donors (Lipinski definition) is 1. The third-order valence-electron chi connectivity index (χ3n) is 2.62. The van der Waals surface area contributed by atoms with Gasteiger partial charge in [0.1, 0.15) is 5.82 Å². The van der Waals surface area contributed by atoms with Crippen molar-refractivity contribution in [2.75, 3.05) is 0 Å². The van der Waals surface area contributed by atoms with Gasteiger partial charge in [-0.1, -0.05) is 18.2 Å². The van der Waals surface area contributed by atoms with Gasteiger partial charge in [-0.25, -0.2) is 4.39 Å². The normalized spacial score (nSPS) is 12.8. The Hall–Kier alpha value is -1.19. The van der Waals surface area contributed by atoms with Crippen LogP contribution in [-0.4, -0.2) is 0 Å². The van der Waals surface area contributed by atoms with Crippen molar-refractivity contribution in [3.63, 3.8) is 0 Å². The maximum Gasteiger partial charge on any atom is 0.131 e. The van der Waals surface area contributed by atoms with Crippen molar-refractivity contribution in [2.24, 2.45) is 5.73 Å². The minimum atomic E-state index is -0.362. The monoisotopic (exact) mass is 235 g/mol. The highest BCUT2D eigenvalue weighted by molar-refractivity contribution is 7.12. The van der Waals surface area contributed by atoms with Crippen LogP contribution in [0.1, 0.15) is 26.9 Å². The second-order valence-corrected chi connectivity index (χ2v) is 5.22. The summed E-state index contributed by atoms with van der Waals surface area (Å²) in [7, 11) is 0. The van der Waals surface area contributed by atoms with Gasteiger partial charge in [0.25, 0.3) is 0 Å². The van der Waals surface area contributed by atoms with E-state index in [0.717, 1.165) is 4.88 Å². The van der Waals surface area contributed by atoms with Crippen LogP contribution in [-0.2, 0) is 0 Å². The van der Waals surface area contributed by atoms with E-state index in [4.69, 9.17) is 5.73 Å². The van der Waals surface area contributed by atoms with Crippen molar-refractivity contribution < 1.29 is 4.39 Å². The van der Waals surface area contributed by atoms with Gasteiger partial charge in [0.2, 0.25) is 0 Å². The summed E-state index contributed by atoms with van der Waals surface area (Å²) in [5.41, 5.74) is 7.28. The minimum Gasteiger partial charge on any atom is -0.320 e. The van der Waals surface area contributed by atoms with Crippen molar-refractivity contribution in [1.29, 1.82) is 0 Å². The van der Waals surface area contributed by atoms with Gasteiger partial charge in [-0.3, -0.25) is 0 Å². The first-order chi connectivity index (χ1) is 7.59. The Bertz CT molecular complexity index is 504. The van der Waals surface area contributed by atoms with Gasteiger partial charge >= 0.3 is 0 Å². The van der Waals surface area contributed by atoms with Crippen LogP contribution >= 0.6 is 11.3 Å². The molecule has 16 heavy (non-hydrogen) atoms. The molecule has 0 bridgehead atoms. The van der Waals surface area contributed by atoms with E-state index in [1.165, 1.54) is 4.88 Å². The molecule has 1 aromatic carbocycles. The number of benzene rings is 1. The Morgan fingerprint density at radius 3 is 2.56 bits per heavy atom. The van der Waals surface area contributed by atoms with Crippen LogP contribution in [0.4, 0.5) is 4.39 Å². The molecule has 0 amide bonds. The molecule has 1 aromatic heterocycles. The molecule has 1 heterocycles. The van der Waals surface area contributed by atoms with Crippen LogP contribution in [0.2, 0.25) is 0 Å². The molecule has 0 saturated heterocycles. The van der Waals surface area contributed by atoms with E-state index in [0.29, 0.717) is 11.1 Å². The fourth-order valence-electron chi connectivity index (χ4n) is 1.68. The van der Waals surface area contributed by atoms with Crippen LogP contribution in [0, 0.1) is 19.7 Å². The molecule has 1 unspecified atom stereocenters. The fraction of sp³-hybridized carbons (Fsp3) is 0.231. The summed E-state index contributed by atoms with van der Waals surface area (Å²) in [4.78, 5) is 2.19. The zero-order valence-corrected chi connectivity index (χ0v) is 10.1. The quantitative estimate of drug-likeness (QED) is 0.846. The lowest BCUT2D eigenvalue weighted by atomic mass is 10.0. The number of halogens is 1. The largest absolute Gasteiger partial charge is 0.320 e. The summed E-state index contributed by atoms with van der Waals surface area (Å²) in [6.07, 6.45) is 0. The molecule has 3 heteroatoms. The smallest absolute Gasteiger partial charge is 0.131 e. The molecular formula is C13H14FNS. The summed E-state index contributed by atoms with van der Waals surface area (Å²) < 4.78 is 13.9. The topological polar surface area (TPSA) is 26.0 Å². The lowest BCUT2D eigenvalue weighted by Crippen LogP contribution is -2.12. The second kappa shape index (κ2) is 4.36. The molecule has 0 radical (unpaired) electrons. The van der Waals surface area contributed by atoms with E-state index < -0.39 is 0 Å². The molecule has 84 valence electrons. The Labute approximate surface area is 98.7 Å². The Kier molecular flexibility index (Phi) is 3.08. The number of aryl methyl sites for hydroxylation is 2. The van der Waals surface area contributed by atoms with Crippen LogP contribution in [0.15, 0.2) is 30.3 Å². The highest BCUT2D eigenvalue weighted by atomic mass is 32.1. The van der Waals surface area contributed by atoms with Crippen LogP contribution < -0.4 is 5.73 Å². The third kappa shape index (κ3) is 2.01. The van der Waals surface area contributed by atoms with E-state index >= 15 is 0 Å². The third-order valence-corrected chi connectivity index (χ3v) is 3.71. The van der Waals surface area contributed by atoms with Gasteiger partial charge in [-0.2, -0.15) is 0 Å². The second-order valence-electron chi connectivity index (χ2n) is 3.90. The van der Waals surface area contributed by atoms with Crippen LogP contribution in [0.5, 0.6) is 0 Å². The van der Waals surface area contributed by atoms with Crippen molar-refractivity contribution in [2.45, 2.75) is 19.9 Å². The molecule has 2 aromatic rings. The van der Waals surface area contributed by atoms with Crippen molar-refractivity contribution in [3.05, 3.63) is 57.0 Å². The standard InChI is InChI=1S/C13H14FNS/c1-8-4-3-5-10(12(8)14)13(15)11-7-6-9(2)16-11/h3-7,13H,15H2,1-2H3. The van der Waals surface area contributed by atoms with E-state index in [1.54, 1.807) is 30.4 Å². The van der Waals surface area contributed by atoms with Gasteiger partial charge in [0, 0.05) is 15.3 Å². The highest BCUT2D eigenvalue weighted by Crippen LogP contribution is 2.28. The van der Waals surface area contributed by atoms with E-state index in [9.17, 15) is 4.39 Å². The maximum absolute atomic E-state index is 13.9. The molecule has 0 aliphatic heterocycles. The summed E-state index contributed by atoms with van der Waals surface area (Å²) in [5, 5.41) is 0. The fourth-order valence-corrected chi connectivity index (χ4v) is 2.58. The van der Waals surface area contributed by atoms with Gasteiger partial charge in [-0.05, 0) is 31.5 Å². The lowest BCUT2D eigenvalue weighted by Gasteiger charge is -2.12. The molecule has 1 atom stereocenters. The summed E-state index contributed by atoms with van der Waals surface area (Å²) in [6.45, 7) is 3.78. The van der Waals surface area contributed by atoms with E-state index in [-0.39, 0.29) is 11.9 Å². The van der Waals surface area contributed by atoms with E-state index in [2.05, 4.69) is 0 Å². The average molecular weight is 235 g/mol. The molecule has 0 fully saturated rings. The Morgan fingerprint density at radius 2 is 1.94 bits per heavy atom. The number of thiophene rings is 1. The van der Waals surface area contributed by atoms with Gasteiger partial charge in [-0.15, -0.1) is 11.3 Å². The Balaban J connectivity index is 2.41. The zero-order valence-electron chi connectivity index (χ0n) is 9.33. The molecule has 1 nitrogen and oxygen atoms in total. The van der Waals surface area contributed by atoms with Crippen molar-refractivity contribution >= 4 is 11.3 Å². The van der Waals surface area contributed by atoms with Gasteiger partial charge in [0.15, 0.2) is 0 Å². The SMILES string of the molecule is Cc1ccc(C(N)c2cccc(C)c2F)s1. The van der Waals surface area contributed by atoms with Gasteiger partial charge in [0.05, 0.1) is 6.04 Å². The van der Waals surface area contributed by atoms with E-state index in [1.807, 2.05) is 25.1 Å². The molecular weight excluding hydrogens is 221 g/mol. The number of nitrogens with two attached hydrogens (primary N) is 1. The molecule has 2 N–H and O–H groups in total. The predicted octanol–water partition coefficient (Wildman–Crippen LogP) is 3.55. The summed E-state index contributed by atoms with van der Waals surface area (Å²) in [5.74, 6) is -0.193. The predicted molar refractivity (Wildman–Crippen MR) is 66.2 cm³/mol. The first-order valence-corrected chi connectivity index (χ1v) is 5.98. The molecule has 0 saturated carbocycles. The number of hydrogen-bond acceptors (Lipinski definition) is 2. The molecule has 0 aliphatic carbocycles.